The molecule has 7 heteroatoms. The first-order chi connectivity index (χ1) is 9.76. The molecule has 3 heterocycles. The SMILES string of the molecule is CCc1cc2c(-n3ccnc3CC)nc(NN)nc2s1. The average molecular weight is 288 g/mol. The molecule has 3 N–H and O–H groups in total. The van der Waals surface area contributed by atoms with Crippen LogP contribution >= 0.6 is 11.3 Å². The number of thiophene rings is 1. The first kappa shape index (κ1) is 13.0. The monoisotopic (exact) mass is 288 g/mol. The summed E-state index contributed by atoms with van der Waals surface area (Å²) in [4.78, 5) is 15.5. The highest BCUT2D eigenvalue weighted by atomic mass is 32.1. The molecular formula is C13H16N6S. The van der Waals surface area contributed by atoms with Crippen LogP contribution in [-0.4, -0.2) is 19.5 Å². The van der Waals surface area contributed by atoms with Crippen molar-refractivity contribution in [2.45, 2.75) is 26.7 Å². The van der Waals surface area contributed by atoms with E-state index in [9.17, 15) is 0 Å². The van der Waals surface area contributed by atoms with Crippen LogP contribution in [0.3, 0.4) is 0 Å². The zero-order valence-electron chi connectivity index (χ0n) is 11.4. The molecule has 3 aromatic rings. The minimum atomic E-state index is 0.424. The van der Waals surface area contributed by atoms with E-state index in [0.717, 1.165) is 34.7 Å². The fourth-order valence-electron chi connectivity index (χ4n) is 2.17. The Morgan fingerprint density at radius 2 is 2.15 bits per heavy atom. The predicted molar refractivity (Wildman–Crippen MR) is 81.1 cm³/mol. The van der Waals surface area contributed by atoms with Gasteiger partial charge in [-0.25, -0.2) is 15.8 Å². The fourth-order valence-corrected chi connectivity index (χ4v) is 3.13. The second-order valence-corrected chi connectivity index (χ2v) is 5.48. The van der Waals surface area contributed by atoms with Crippen molar-refractivity contribution in [3.05, 3.63) is 29.2 Å². The highest BCUT2D eigenvalue weighted by Gasteiger charge is 2.14. The van der Waals surface area contributed by atoms with Crippen LogP contribution < -0.4 is 11.3 Å². The van der Waals surface area contributed by atoms with Crippen molar-refractivity contribution in [3.63, 3.8) is 0 Å². The molecule has 0 saturated carbocycles. The van der Waals surface area contributed by atoms with E-state index in [0.29, 0.717) is 5.95 Å². The summed E-state index contributed by atoms with van der Waals surface area (Å²) in [6, 6.07) is 2.15. The Hall–Kier alpha value is -1.99. The summed E-state index contributed by atoms with van der Waals surface area (Å²) >= 11 is 1.67. The zero-order chi connectivity index (χ0) is 14.1. The van der Waals surface area contributed by atoms with E-state index >= 15 is 0 Å². The van der Waals surface area contributed by atoms with Crippen LogP contribution in [0.15, 0.2) is 18.5 Å². The van der Waals surface area contributed by atoms with Gasteiger partial charge in [0.05, 0.1) is 5.39 Å². The Kier molecular flexibility index (Phi) is 3.37. The van der Waals surface area contributed by atoms with Crippen molar-refractivity contribution in [1.29, 1.82) is 0 Å². The number of nitrogen functional groups attached to an aromatic ring is 1. The number of fused-ring (bicyclic) bond motifs is 1. The zero-order valence-corrected chi connectivity index (χ0v) is 12.2. The number of nitrogens with one attached hydrogen (secondary N) is 1. The number of rotatable bonds is 4. The van der Waals surface area contributed by atoms with Crippen molar-refractivity contribution >= 4 is 27.5 Å². The van der Waals surface area contributed by atoms with Gasteiger partial charge in [0.15, 0.2) is 5.82 Å². The third kappa shape index (κ3) is 2.04. The lowest BCUT2D eigenvalue weighted by atomic mass is 10.3. The minimum Gasteiger partial charge on any atom is -0.292 e. The Balaban J connectivity index is 2.29. The van der Waals surface area contributed by atoms with Crippen molar-refractivity contribution in [2.75, 3.05) is 5.43 Å². The van der Waals surface area contributed by atoms with Crippen molar-refractivity contribution in [3.8, 4) is 5.82 Å². The molecule has 0 saturated heterocycles. The lowest BCUT2D eigenvalue weighted by molar-refractivity contribution is 0.871. The van der Waals surface area contributed by atoms with E-state index in [1.54, 1.807) is 17.5 Å². The summed E-state index contributed by atoms with van der Waals surface area (Å²) in [5.41, 5.74) is 2.54. The smallest absolute Gasteiger partial charge is 0.240 e. The maximum Gasteiger partial charge on any atom is 0.240 e. The van der Waals surface area contributed by atoms with Crippen LogP contribution in [0.2, 0.25) is 0 Å². The highest BCUT2D eigenvalue weighted by Crippen LogP contribution is 2.29. The summed E-state index contributed by atoms with van der Waals surface area (Å²) < 4.78 is 2.00. The van der Waals surface area contributed by atoms with Gasteiger partial charge in [-0.1, -0.05) is 13.8 Å². The van der Waals surface area contributed by atoms with Gasteiger partial charge in [0, 0.05) is 23.7 Å². The maximum atomic E-state index is 5.48. The summed E-state index contributed by atoms with van der Waals surface area (Å²) in [5, 5.41) is 1.04. The minimum absolute atomic E-state index is 0.424. The number of hydrogen-bond donors (Lipinski definition) is 2. The number of anilines is 1. The van der Waals surface area contributed by atoms with Gasteiger partial charge in [0.2, 0.25) is 5.95 Å². The molecular weight excluding hydrogens is 272 g/mol. The number of aromatic nitrogens is 4. The summed E-state index contributed by atoms with van der Waals surface area (Å²) in [6.45, 7) is 4.21. The highest BCUT2D eigenvalue weighted by molar-refractivity contribution is 7.18. The molecule has 0 unspecified atom stereocenters. The quantitative estimate of drug-likeness (QED) is 0.568. The molecule has 3 rings (SSSR count). The van der Waals surface area contributed by atoms with Crippen LogP contribution in [0, 0.1) is 0 Å². The summed E-state index contributed by atoms with van der Waals surface area (Å²) in [6.07, 6.45) is 5.53. The molecule has 0 atom stereocenters. The van der Waals surface area contributed by atoms with Gasteiger partial charge in [-0.3, -0.25) is 9.99 Å². The van der Waals surface area contributed by atoms with Crippen molar-refractivity contribution in [1.82, 2.24) is 19.5 Å². The molecule has 20 heavy (non-hydrogen) atoms. The van der Waals surface area contributed by atoms with Crippen LogP contribution in [0.5, 0.6) is 0 Å². The Bertz CT molecular complexity index is 744. The maximum absolute atomic E-state index is 5.48. The number of nitrogens with two attached hydrogens (primary N) is 1. The average Bonchev–Trinajstić information content (AvgIpc) is 3.11. The number of imidazole rings is 1. The molecule has 0 amide bonds. The number of hydrazine groups is 1. The van der Waals surface area contributed by atoms with E-state index in [-0.39, 0.29) is 0 Å². The van der Waals surface area contributed by atoms with Crippen LogP contribution in [0.1, 0.15) is 24.5 Å². The van der Waals surface area contributed by atoms with Crippen molar-refractivity contribution in [2.24, 2.45) is 5.84 Å². The molecule has 0 fully saturated rings. The molecule has 0 aliphatic heterocycles. The third-order valence-corrected chi connectivity index (χ3v) is 4.34. The lowest BCUT2D eigenvalue weighted by Gasteiger charge is -2.08. The molecule has 0 aliphatic rings. The number of nitrogens with zero attached hydrogens (tertiary/aromatic N) is 4. The molecule has 3 aromatic heterocycles. The fraction of sp³-hybridized carbons (Fsp3) is 0.308. The second kappa shape index (κ2) is 5.18. The van der Waals surface area contributed by atoms with Crippen LogP contribution in [0.4, 0.5) is 5.95 Å². The van der Waals surface area contributed by atoms with E-state index in [1.165, 1.54) is 4.88 Å². The van der Waals surface area contributed by atoms with E-state index in [2.05, 4.69) is 40.3 Å². The van der Waals surface area contributed by atoms with E-state index in [1.807, 2.05) is 10.8 Å². The summed E-state index contributed by atoms with van der Waals surface area (Å²) in [5.74, 6) is 7.70. The van der Waals surface area contributed by atoms with Gasteiger partial charge in [0.25, 0.3) is 0 Å². The molecule has 6 nitrogen and oxygen atoms in total. The predicted octanol–water partition coefficient (Wildman–Crippen LogP) is 2.29. The first-order valence-electron chi connectivity index (χ1n) is 6.56. The van der Waals surface area contributed by atoms with Crippen LogP contribution in [-0.2, 0) is 12.8 Å². The third-order valence-electron chi connectivity index (χ3n) is 3.16. The Morgan fingerprint density at radius 3 is 2.85 bits per heavy atom. The van der Waals surface area contributed by atoms with E-state index < -0.39 is 0 Å². The van der Waals surface area contributed by atoms with Gasteiger partial charge < -0.3 is 0 Å². The van der Waals surface area contributed by atoms with Gasteiger partial charge in [-0.05, 0) is 12.5 Å². The van der Waals surface area contributed by atoms with Gasteiger partial charge in [0.1, 0.15) is 10.7 Å². The molecule has 0 aliphatic carbocycles. The lowest BCUT2D eigenvalue weighted by Crippen LogP contribution is -2.12. The Morgan fingerprint density at radius 1 is 1.30 bits per heavy atom. The van der Waals surface area contributed by atoms with Crippen molar-refractivity contribution < 1.29 is 0 Å². The number of aryl methyl sites for hydroxylation is 2. The van der Waals surface area contributed by atoms with Crippen LogP contribution in [0.25, 0.3) is 16.0 Å². The molecule has 0 aromatic carbocycles. The molecule has 104 valence electrons. The normalized spacial score (nSPS) is 11.2. The topological polar surface area (TPSA) is 81.7 Å². The Labute approximate surface area is 120 Å². The second-order valence-electron chi connectivity index (χ2n) is 4.37. The van der Waals surface area contributed by atoms with Gasteiger partial charge in [-0.2, -0.15) is 4.98 Å². The first-order valence-corrected chi connectivity index (χ1v) is 7.38. The molecule has 0 bridgehead atoms. The van der Waals surface area contributed by atoms with Gasteiger partial charge in [-0.15, -0.1) is 11.3 Å². The summed E-state index contributed by atoms with van der Waals surface area (Å²) in [7, 11) is 0. The largest absolute Gasteiger partial charge is 0.292 e. The van der Waals surface area contributed by atoms with E-state index in [4.69, 9.17) is 5.84 Å². The molecule has 0 spiro atoms. The molecule has 0 radical (unpaired) electrons. The van der Waals surface area contributed by atoms with Gasteiger partial charge >= 0.3 is 0 Å². The number of hydrogen-bond acceptors (Lipinski definition) is 6. The standard InChI is InChI=1S/C13H16N6S/c1-3-8-7-9-11(19-6-5-15-10(19)4-2)16-13(18-14)17-12(9)20-8/h5-7H,3-4,14H2,1-2H3,(H,16,17,18).